The monoisotopic (exact) mass is 355 g/mol. The topological polar surface area (TPSA) is 72.9 Å². The average Bonchev–Trinajstić information content (AvgIpc) is 2.88. The SMILES string of the molecule is CCOc1ccccc1OCCN(C)C(=O)C[C@H]1CCS(=O)(=O)C1. The van der Waals surface area contributed by atoms with Crippen LogP contribution in [-0.2, 0) is 14.6 Å². The second-order valence-corrected chi connectivity index (χ2v) is 8.25. The van der Waals surface area contributed by atoms with Gasteiger partial charge in [0.1, 0.15) is 6.61 Å². The summed E-state index contributed by atoms with van der Waals surface area (Å²) < 4.78 is 34.1. The van der Waals surface area contributed by atoms with Gasteiger partial charge in [-0.25, -0.2) is 8.42 Å². The number of ether oxygens (including phenoxy) is 2. The van der Waals surface area contributed by atoms with Crippen LogP contribution in [0.3, 0.4) is 0 Å². The van der Waals surface area contributed by atoms with Crippen LogP contribution in [0.5, 0.6) is 11.5 Å². The van der Waals surface area contributed by atoms with Crippen LogP contribution in [0, 0.1) is 5.92 Å². The van der Waals surface area contributed by atoms with Gasteiger partial charge >= 0.3 is 0 Å². The molecule has 1 aromatic rings. The molecule has 134 valence electrons. The minimum absolute atomic E-state index is 0.0428. The summed E-state index contributed by atoms with van der Waals surface area (Å²) in [5.41, 5.74) is 0. The zero-order valence-corrected chi connectivity index (χ0v) is 15.0. The zero-order chi connectivity index (χ0) is 17.6. The molecule has 1 fully saturated rings. The van der Waals surface area contributed by atoms with Crippen LogP contribution in [0.15, 0.2) is 24.3 Å². The molecule has 1 saturated heterocycles. The first kappa shape index (κ1) is 18.6. The molecule has 24 heavy (non-hydrogen) atoms. The van der Waals surface area contributed by atoms with E-state index in [2.05, 4.69) is 0 Å². The second-order valence-electron chi connectivity index (χ2n) is 6.02. The highest BCUT2D eigenvalue weighted by Crippen LogP contribution is 2.26. The predicted molar refractivity (Wildman–Crippen MR) is 92.1 cm³/mol. The third-order valence-electron chi connectivity index (χ3n) is 4.05. The van der Waals surface area contributed by atoms with Gasteiger partial charge in [0.05, 0.1) is 24.7 Å². The van der Waals surface area contributed by atoms with Crippen LogP contribution in [0.2, 0.25) is 0 Å². The Labute approximate surface area is 143 Å². The van der Waals surface area contributed by atoms with Crippen molar-refractivity contribution in [2.24, 2.45) is 5.92 Å². The summed E-state index contributed by atoms with van der Waals surface area (Å²) in [6.45, 7) is 3.27. The van der Waals surface area contributed by atoms with Crippen molar-refractivity contribution in [2.45, 2.75) is 19.8 Å². The molecule has 7 heteroatoms. The van der Waals surface area contributed by atoms with E-state index in [0.717, 1.165) is 0 Å². The molecule has 0 radical (unpaired) electrons. The van der Waals surface area contributed by atoms with Crippen LogP contribution in [-0.4, -0.2) is 57.5 Å². The van der Waals surface area contributed by atoms with Crippen molar-refractivity contribution in [2.75, 3.05) is 38.3 Å². The average molecular weight is 355 g/mol. The molecule has 2 rings (SSSR count). The van der Waals surface area contributed by atoms with E-state index in [0.29, 0.717) is 37.7 Å². The van der Waals surface area contributed by atoms with Crippen molar-refractivity contribution in [3.05, 3.63) is 24.3 Å². The quantitative estimate of drug-likeness (QED) is 0.710. The second kappa shape index (κ2) is 8.37. The van der Waals surface area contributed by atoms with Crippen LogP contribution >= 0.6 is 0 Å². The van der Waals surface area contributed by atoms with E-state index in [-0.39, 0.29) is 29.8 Å². The fourth-order valence-corrected chi connectivity index (χ4v) is 4.56. The van der Waals surface area contributed by atoms with Gasteiger partial charge in [-0.1, -0.05) is 12.1 Å². The zero-order valence-electron chi connectivity index (χ0n) is 14.2. The first-order chi connectivity index (χ1) is 11.4. The highest BCUT2D eigenvalue weighted by atomic mass is 32.2. The van der Waals surface area contributed by atoms with Crippen LogP contribution in [0.25, 0.3) is 0 Å². The first-order valence-corrected chi connectivity index (χ1v) is 10.0. The normalized spacial score (nSPS) is 19.0. The number of carbonyl (C=O) groups excluding carboxylic acids is 1. The van der Waals surface area contributed by atoms with Crippen molar-refractivity contribution in [1.29, 1.82) is 0 Å². The number of hydrogen-bond donors (Lipinski definition) is 0. The maximum atomic E-state index is 12.2. The Morgan fingerprint density at radius 3 is 2.50 bits per heavy atom. The molecule has 1 amide bonds. The van der Waals surface area contributed by atoms with Gasteiger partial charge in [0.2, 0.25) is 5.91 Å². The Kier molecular flexibility index (Phi) is 6.48. The summed E-state index contributed by atoms with van der Waals surface area (Å²) in [6, 6.07) is 7.42. The maximum absolute atomic E-state index is 12.2. The number of likely N-dealkylation sites (N-methyl/N-ethyl adjacent to an activating group) is 1. The molecule has 6 nitrogen and oxygen atoms in total. The molecule has 0 unspecified atom stereocenters. The summed E-state index contributed by atoms with van der Waals surface area (Å²) in [6.07, 6.45) is 0.866. The predicted octanol–water partition coefficient (Wildman–Crippen LogP) is 1.75. The number of nitrogens with zero attached hydrogens (tertiary/aromatic N) is 1. The van der Waals surface area contributed by atoms with Gasteiger partial charge < -0.3 is 14.4 Å². The highest BCUT2D eigenvalue weighted by Gasteiger charge is 2.30. The Morgan fingerprint density at radius 1 is 1.25 bits per heavy atom. The molecule has 1 atom stereocenters. The van der Waals surface area contributed by atoms with Gasteiger partial charge in [-0.2, -0.15) is 0 Å². The lowest BCUT2D eigenvalue weighted by atomic mass is 10.0. The number of sulfone groups is 1. The Bertz CT molecular complexity index is 659. The molecule has 0 bridgehead atoms. The first-order valence-electron chi connectivity index (χ1n) is 8.20. The van der Waals surface area contributed by atoms with Gasteiger partial charge in [-0.3, -0.25) is 4.79 Å². The number of hydrogen-bond acceptors (Lipinski definition) is 5. The molecule has 1 heterocycles. The third kappa shape index (κ3) is 5.40. The van der Waals surface area contributed by atoms with E-state index < -0.39 is 9.84 Å². The highest BCUT2D eigenvalue weighted by molar-refractivity contribution is 7.91. The van der Waals surface area contributed by atoms with Gasteiger partial charge in [0.15, 0.2) is 21.3 Å². The van der Waals surface area contributed by atoms with Gasteiger partial charge in [-0.15, -0.1) is 0 Å². The summed E-state index contributed by atoms with van der Waals surface area (Å²) >= 11 is 0. The van der Waals surface area contributed by atoms with Crippen LogP contribution in [0.1, 0.15) is 19.8 Å². The molecule has 1 aromatic carbocycles. The lowest BCUT2D eigenvalue weighted by molar-refractivity contribution is -0.131. The van der Waals surface area contributed by atoms with Crippen molar-refractivity contribution >= 4 is 15.7 Å². The van der Waals surface area contributed by atoms with Crippen LogP contribution in [0.4, 0.5) is 0 Å². The molecular formula is C17H25NO5S. The number of benzene rings is 1. The molecule has 0 N–H and O–H groups in total. The summed E-state index contributed by atoms with van der Waals surface area (Å²) in [7, 11) is -1.23. The molecule has 0 saturated carbocycles. The number of carbonyl (C=O) groups is 1. The third-order valence-corrected chi connectivity index (χ3v) is 5.89. The number of amides is 1. The van der Waals surface area contributed by atoms with E-state index in [1.807, 2.05) is 31.2 Å². The van der Waals surface area contributed by atoms with Gasteiger partial charge in [-0.05, 0) is 31.4 Å². The van der Waals surface area contributed by atoms with E-state index in [1.54, 1.807) is 11.9 Å². The number of rotatable bonds is 8. The molecule has 1 aliphatic rings. The van der Waals surface area contributed by atoms with Gasteiger partial charge in [0, 0.05) is 13.5 Å². The van der Waals surface area contributed by atoms with Crippen molar-refractivity contribution in [1.82, 2.24) is 4.90 Å². The molecule has 0 aliphatic carbocycles. The summed E-state index contributed by atoms with van der Waals surface area (Å²) in [5, 5.41) is 0. The maximum Gasteiger partial charge on any atom is 0.222 e. The van der Waals surface area contributed by atoms with E-state index >= 15 is 0 Å². The summed E-state index contributed by atoms with van der Waals surface area (Å²) in [5.74, 6) is 1.58. The molecule has 0 aromatic heterocycles. The Balaban J connectivity index is 1.77. The molecular weight excluding hydrogens is 330 g/mol. The Morgan fingerprint density at radius 2 is 1.92 bits per heavy atom. The standard InChI is InChI=1S/C17H25NO5S/c1-3-22-15-6-4-5-7-16(15)23-10-9-18(2)17(19)12-14-8-11-24(20,21)13-14/h4-7,14H,3,8-13H2,1-2H3/t14-/m1/s1. The summed E-state index contributed by atoms with van der Waals surface area (Å²) in [4.78, 5) is 13.8. The van der Waals surface area contributed by atoms with E-state index in [9.17, 15) is 13.2 Å². The Hall–Kier alpha value is -1.76. The minimum atomic E-state index is -2.94. The largest absolute Gasteiger partial charge is 0.490 e. The molecule has 0 spiro atoms. The lowest BCUT2D eigenvalue weighted by Crippen LogP contribution is -2.32. The fraction of sp³-hybridized carbons (Fsp3) is 0.588. The molecule has 1 aliphatic heterocycles. The minimum Gasteiger partial charge on any atom is -0.490 e. The van der Waals surface area contributed by atoms with E-state index in [4.69, 9.17) is 9.47 Å². The van der Waals surface area contributed by atoms with Crippen molar-refractivity contribution < 1.29 is 22.7 Å². The van der Waals surface area contributed by atoms with Crippen molar-refractivity contribution in [3.63, 3.8) is 0 Å². The van der Waals surface area contributed by atoms with Crippen molar-refractivity contribution in [3.8, 4) is 11.5 Å². The van der Waals surface area contributed by atoms with E-state index in [1.165, 1.54) is 0 Å². The number of para-hydroxylation sites is 2. The lowest BCUT2D eigenvalue weighted by Gasteiger charge is -2.19. The van der Waals surface area contributed by atoms with Gasteiger partial charge in [0.25, 0.3) is 0 Å². The van der Waals surface area contributed by atoms with Crippen LogP contribution < -0.4 is 9.47 Å². The fourth-order valence-electron chi connectivity index (χ4n) is 2.70. The smallest absolute Gasteiger partial charge is 0.222 e.